The number of aromatic nitrogens is 5. The monoisotopic (exact) mass is 465 g/mol. The SMILES string of the molecule is N#CCc1ccc(OC(=O)N(CC(S)CCc2nn[nH]n2)c2ccc3ncsc3c2)cc1. The van der Waals surface area contributed by atoms with Gasteiger partial charge in [0.15, 0.2) is 5.82 Å². The van der Waals surface area contributed by atoms with Crippen molar-refractivity contribution in [1.29, 1.82) is 5.26 Å². The summed E-state index contributed by atoms with van der Waals surface area (Å²) in [5.74, 6) is 1.00. The summed E-state index contributed by atoms with van der Waals surface area (Å²) in [4.78, 5) is 19.0. The van der Waals surface area contributed by atoms with Gasteiger partial charge in [-0.15, -0.1) is 21.5 Å². The minimum Gasteiger partial charge on any atom is -0.410 e. The van der Waals surface area contributed by atoms with Crippen LogP contribution in [-0.2, 0) is 12.8 Å². The summed E-state index contributed by atoms with van der Waals surface area (Å²) < 4.78 is 6.60. The first-order chi connectivity index (χ1) is 15.6. The van der Waals surface area contributed by atoms with Crippen molar-refractivity contribution in [2.75, 3.05) is 11.4 Å². The molecule has 0 aliphatic carbocycles. The van der Waals surface area contributed by atoms with Crippen molar-refractivity contribution in [2.24, 2.45) is 0 Å². The lowest BCUT2D eigenvalue weighted by Crippen LogP contribution is -2.38. The number of tetrazole rings is 1. The van der Waals surface area contributed by atoms with Crippen molar-refractivity contribution < 1.29 is 9.53 Å². The number of carbonyl (C=O) groups is 1. The first-order valence-electron chi connectivity index (χ1n) is 9.81. The minimum absolute atomic E-state index is 0.142. The van der Waals surface area contributed by atoms with Crippen LogP contribution in [0.1, 0.15) is 17.8 Å². The van der Waals surface area contributed by atoms with E-state index < -0.39 is 6.09 Å². The van der Waals surface area contributed by atoms with E-state index in [9.17, 15) is 4.79 Å². The van der Waals surface area contributed by atoms with Gasteiger partial charge in [-0.25, -0.2) is 9.78 Å². The molecule has 0 radical (unpaired) electrons. The Morgan fingerprint density at radius 3 is 2.88 bits per heavy atom. The van der Waals surface area contributed by atoms with E-state index in [0.717, 1.165) is 15.8 Å². The number of fused-ring (bicyclic) bond motifs is 1. The van der Waals surface area contributed by atoms with Crippen LogP contribution in [0.3, 0.4) is 0 Å². The van der Waals surface area contributed by atoms with Crippen LogP contribution in [0.25, 0.3) is 10.2 Å². The molecule has 4 rings (SSSR count). The van der Waals surface area contributed by atoms with E-state index >= 15 is 0 Å². The number of amides is 1. The number of H-pyrrole nitrogens is 1. The topological polar surface area (TPSA) is 121 Å². The third kappa shape index (κ3) is 5.40. The van der Waals surface area contributed by atoms with Crippen LogP contribution in [0.4, 0.5) is 10.5 Å². The molecule has 1 N–H and O–H groups in total. The van der Waals surface area contributed by atoms with Crippen molar-refractivity contribution in [1.82, 2.24) is 25.6 Å². The Balaban J connectivity index is 1.51. The number of hydrogen-bond acceptors (Lipinski definition) is 9. The zero-order chi connectivity index (χ0) is 22.3. The molecule has 2 aromatic heterocycles. The quantitative estimate of drug-likeness (QED) is 0.380. The Kier molecular flexibility index (Phi) is 6.94. The minimum atomic E-state index is -0.513. The second-order valence-corrected chi connectivity index (χ2v) is 8.60. The lowest BCUT2D eigenvalue weighted by atomic mass is 10.2. The van der Waals surface area contributed by atoms with Gasteiger partial charge in [-0.2, -0.15) is 23.1 Å². The number of thiol groups is 1. The smallest absolute Gasteiger partial charge is 0.410 e. The summed E-state index contributed by atoms with van der Waals surface area (Å²) in [6.45, 7) is 0.330. The highest BCUT2D eigenvalue weighted by atomic mass is 32.1. The predicted octanol–water partition coefficient (Wildman–Crippen LogP) is 3.81. The van der Waals surface area contributed by atoms with Crippen molar-refractivity contribution >= 4 is 46.0 Å². The number of nitrogens with one attached hydrogen (secondary N) is 1. The molecular formula is C21H19N7O2S2. The molecule has 0 fully saturated rings. The zero-order valence-electron chi connectivity index (χ0n) is 16.9. The molecule has 9 nitrogen and oxygen atoms in total. The normalized spacial score (nSPS) is 11.8. The van der Waals surface area contributed by atoms with E-state index in [0.29, 0.717) is 43.1 Å². The number of nitriles is 1. The van der Waals surface area contributed by atoms with Crippen LogP contribution in [0.2, 0.25) is 0 Å². The molecule has 32 heavy (non-hydrogen) atoms. The van der Waals surface area contributed by atoms with Crippen molar-refractivity contribution in [3.05, 3.63) is 59.4 Å². The fraction of sp³-hybridized carbons (Fsp3) is 0.238. The van der Waals surface area contributed by atoms with Gasteiger partial charge in [0.25, 0.3) is 0 Å². The molecule has 1 amide bonds. The number of rotatable bonds is 8. The highest BCUT2D eigenvalue weighted by Gasteiger charge is 2.22. The second-order valence-electron chi connectivity index (χ2n) is 6.98. The van der Waals surface area contributed by atoms with Gasteiger partial charge in [-0.3, -0.25) is 4.90 Å². The molecular weight excluding hydrogens is 446 g/mol. The number of ether oxygens (including phenoxy) is 1. The fourth-order valence-corrected chi connectivity index (χ4v) is 4.11. The van der Waals surface area contributed by atoms with Crippen molar-refractivity contribution in [3.63, 3.8) is 0 Å². The highest BCUT2D eigenvalue weighted by molar-refractivity contribution is 7.81. The number of thiazole rings is 1. The van der Waals surface area contributed by atoms with Gasteiger partial charge < -0.3 is 4.74 Å². The van der Waals surface area contributed by atoms with Gasteiger partial charge >= 0.3 is 6.09 Å². The molecule has 162 valence electrons. The van der Waals surface area contributed by atoms with E-state index in [2.05, 4.69) is 44.3 Å². The highest BCUT2D eigenvalue weighted by Crippen LogP contribution is 2.26. The Morgan fingerprint density at radius 2 is 2.12 bits per heavy atom. The summed E-state index contributed by atoms with van der Waals surface area (Å²) in [6, 6.07) is 14.7. The third-order valence-electron chi connectivity index (χ3n) is 4.74. The molecule has 0 bridgehead atoms. The number of benzene rings is 2. The lowest BCUT2D eigenvalue weighted by molar-refractivity contribution is 0.207. The van der Waals surface area contributed by atoms with E-state index in [4.69, 9.17) is 10.00 Å². The van der Waals surface area contributed by atoms with Crippen LogP contribution in [0, 0.1) is 11.3 Å². The maximum atomic E-state index is 13.1. The molecule has 0 aliphatic heterocycles. The van der Waals surface area contributed by atoms with Crippen LogP contribution < -0.4 is 9.64 Å². The molecule has 0 spiro atoms. The number of anilines is 1. The first kappa shape index (κ1) is 21.7. The molecule has 0 saturated carbocycles. The van der Waals surface area contributed by atoms with Crippen molar-refractivity contribution in [2.45, 2.75) is 24.5 Å². The van der Waals surface area contributed by atoms with Crippen LogP contribution >= 0.6 is 24.0 Å². The van der Waals surface area contributed by atoms with Gasteiger partial charge in [0.1, 0.15) is 5.75 Å². The molecule has 0 aliphatic rings. The third-order valence-corrected chi connectivity index (χ3v) is 5.96. The number of aromatic amines is 1. The number of hydrogen-bond donors (Lipinski definition) is 2. The number of nitrogens with zero attached hydrogens (tertiary/aromatic N) is 6. The zero-order valence-corrected chi connectivity index (χ0v) is 18.6. The summed E-state index contributed by atoms with van der Waals surface area (Å²) >= 11 is 6.18. The standard InChI is InChI=1S/C21H19N7O2S2/c22-10-9-14-1-4-16(5-2-14)30-21(29)28(12-17(31)6-8-20-24-26-27-25-20)15-3-7-18-19(11-15)32-13-23-18/h1-5,7,11,13,17,31H,6,8-9,12H2,(H,24,25,26,27). The molecule has 4 aromatic rings. The molecule has 1 atom stereocenters. The summed E-state index contributed by atoms with van der Waals surface area (Å²) in [5, 5.41) is 22.6. The van der Waals surface area contributed by atoms with Gasteiger partial charge in [0, 0.05) is 23.9 Å². The van der Waals surface area contributed by atoms with Gasteiger partial charge in [0.2, 0.25) is 0 Å². The largest absolute Gasteiger partial charge is 0.419 e. The summed E-state index contributed by atoms with van der Waals surface area (Å²) in [7, 11) is 0. The molecule has 2 heterocycles. The average molecular weight is 466 g/mol. The van der Waals surface area contributed by atoms with E-state index in [1.165, 1.54) is 11.3 Å². The number of aryl methyl sites for hydroxylation is 1. The van der Waals surface area contributed by atoms with Gasteiger partial charge in [-0.05, 0) is 42.3 Å². The summed E-state index contributed by atoms with van der Waals surface area (Å²) in [6.07, 6.45) is 1.03. The maximum Gasteiger partial charge on any atom is 0.419 e. The lowest BCUT2D eigenvalue weighted by Gasteiger charge is -2.25. The Morgan fingerprint density at radius 1 is 1.28 bits per heavy atom. The van der Waals surface area contributed by atoms with E-state index in [-0.39, 0.29) is 5.25 Å². The maximum absolute atomic E-state index is 13.1. The molecule has 1 unspecified atom stereocenters. The molecule has 11 heteroatoms. The fourth-order valence-electron chi connectivity index (χ4n) is 3.11. The van der Waals surface area contributed by atoms with Crippen LogP contribution in [0.5, 0.6) is 5.75 Å². The Hall–Kier alpha value is -3.49. The van der Waals surface area contributed by atoms with E-state index in [1.54, 1.807) is 34.7 Å². The Bertz CT molecular complexity index is 1220. The van der Waals surface area contributed by atoms with Crippen LogP contribution in [0.15, 0.2) is 48.0 Å². The average Bonchev–Trinajstić information content (AvgIpc) is 3.49. The van der Waals surface area contributed by atoms with Gasteiger partial charge in [0.05, 0.1) is 28.2 Å². The van der Waals surface area contributed by atoms with E-state index in [1.807, 2.05) is 18.2 Å². The molecule has 2 aromatic carbocycles. The molecule has 0 saturated heterocycles. The van der Waals surface area contributed by atoms with Crippen LogP contribution in [-0.4, -0.2) is 43.5 Å². The number of carbonyl (C=O) groups excluding carboxylic acids is 1. The van der Waals surface area contributed by atoms with Crippen molar-refractivity contribution in [3.8, 4) is 11.8 Å². The summed E-state index contributed by atoms with van der Waals surface area (Å²) in [5.41, 5.74) is 4.20. The second kappa shape index (κ2) is 10.2. The Labute approximate surface area is 193 Å². The van der Waals surface area contributed by atoms with Gasteiger partial charge in [-0.1, -0.05) is 17.3 Å². The predicted molar refractivity (Wildman–Crippen MR) is 124 cm³/mol. The first-order valence-corrected chi connectivity index (χ1v) is 11.2.